The zero-order valence-corrected chi connectivity index (χ0v) is 14.0. The van der Waals surface area contributed by atoms with Gasteiger partial charge in [0.25, 0.3) is 5.91 Å². The number of benzene rings is 1. The predicted molar refractivity (Wildman–Crippen MR) is 86.6 cm³/mol. The number of hydrogen-bond acceptors (Lipinski definition) is 5. The normalized spacial score (nSPS) is 11.2. The molecule has 0 atom stereocenters. The first-order chi connectivity index (χ1) is 10.2. The highest BCUT2D eigenvalue weighted by atomic mass is 32.2. The van der Waals surface area contributed by atoms with Crippen LogP contribution >= 0.6 is 11.3 Å². The molecular formula is C15H15NO4S2. The number of aryl methyl sites for hydroxylation is 1. The lowest BCUT2D eigenvalue weighted by molar-refractivity contribution is 0.101. The number of nitrogens with one attached hydrogen (secondary N) is 1. The first-order valence-electron chi connectivity index (χ1n) is 6.41. The molecule has 1 heterocycles. The Morgan fingerprint density at radius 2 is 1.73 bits per heavy atom. The Balaban J connectivity index is 2.29. The van der Waals surface area contributed by atoms with Crippen LogP contribution in [0.2, 0.25) is 0 Å². The van der Waals surface area contributed by atoms with E-state index >= 15 is 0 Å². The number of ketones is 1. The van der Waals surface area contributed by atoms with Crippen molar-refractivity contribution in [2.45, 2.75) is 18.7 Å². The quantitative estimate of drug-likeness (QED) is 0.870. The number of carbonyl (C=O) groups is 2. The standard InChI is InChI=1S/C15H15NO4S2/c1-9-4-5-11(22(3,19)20)8-12(9)16-15(18)14-7-6-13(21-14)10(2)17/h4-8H,1-3H3,(H,16,18). The van der Waals surface area contributed by atoms with E-state index < -0.39 is 9.84 Å². The summed E-state index contributed by atoms with van der Waals surface area (Å²) in [5.74, 6) is -0.467. The molecule has 1 aromatic carbocycles. The number of anilines is 1. The molecule has 22 heavy (non-hydrogen) atoms. The summed E-state index contributed by atoms with van der Waals surface area (Å²) in [6, 6.07) is 7.75. The summed E-state index contributed by atoms with van der Waals surface area (Å²) in [5, 5.41) is 2.69. The van der Waals surface area contributed by atoms with Gasteiger partial charge in [-0.15, -0.1) is 11.3 Å². The van der Waals surface area contributed by atoms with Gasteiger partial charge in [-0.05, 0) is 43.7 Å². The zero-order chi connectivity index (χ0) is 16.5. The molecule has 0 aliphatic carbocycles. The Morgan fingerprint density at radius 3 is 2.27 bits per heavy atom. The lowest BCUT2D eigenvalue weighted by Crippen LogP contribution is -2.12. The molecule has 0 aliphatic rings. The first-order valence-corrected chi connectivity index (χ1v) is 9.12. The van der Waals surface area contributed by atoms with Crippen LogP contribution in [0.4, 0.5) is 5.69 Å². The highest BCUT2D eigenvalue weighted by molar-refractivity contribution is 7.90. The Morgan fingerprint density at radius 1 is 1.09 bits per heavy atom. The molecule has 1 N–H and O–H groups in total. The van der Waals surface area contributed by atoms with E-state index in [9.17, 15) is 18.0 Å². The van der Waals surface area contributed by atoms with Gasteiger partial charge in [-0.2, -0.15) is 0 Å². The van der Waals surface area contributed by atoms with Gasteiger partial charge in [0.1, 0.15) is 0 Å². The third kappa shape index (κ3) is 3.61. The number of amides is 1. The highest BCUT2D eigenvalue weighted by Gasteiger charge is 2.14. The average Bonchev–Trinajstić information content (AvgIpc) is 2.89. The van der Waals surface area contributed by atoms with Gasteiger partial charge in [-0.25, -0.2) is 8.42 Å². The molecular weight excluding hydrogens is 322 g/mol. The van der Waals surface area contributed by atoms with E-state index in [0.717, 1.165) is 23.2 Å². The van der Waals surface area contributed by atoms with E-state index in [-0.39, 0.29) is 16.6 Å². The van der Waals surface area contributed by atoms with E-state index in [2.05, 4.69) is 5.32 Å². The van der Waals surface area contributed by atoms with Crippen molar-refractivity contribution in [3.63, 3.8) is 0 Å². The SMILES string of the molecule is CC(=O)c1ccc(C(=O)Nc2cc(S(C)(=O)=O)ccc2C)s1. The summed E-state index contributed by atoms with van der Waals surface area (Å²) in [6.07, 6.45) is 1.11. The highest BCUT2D eigenvalue weighted by Crippen LogP contribution is 2.23. The second-order valence-corrected chi connectivity index (χ2v) is 8.02. The molecule has 116 valence electrons. The van der Waals surface area contributed by atoms with Crippen LogP contribution in [0.25, 0.3) is 0 Å². The van der Waals surface area contributed by atoms with Crippen molar-refractivity contribution in [3.8, 4) is 0 Å². The molecule has 0 aliphatic heterocycles. The van der Waals surface area contributed by atoms with Gasteiger partial charge in [0.2, 0.25) is 0 Å². The predicted octanol–water partition coefficient (Wildman–Crippen LogP) is 2.91. The van der Waals surface area contributed by atoms with Crippen molar-refractivity contribution < 1.29 is 18.0 Å². The van der Waals surface area contributed by atoms with E-state index in [4.69, 9.17) is 0 Å². The Labute approximate surface area is 132 Å². The van der Waals surface area contributed by atoms with E-state index in [0.29, 0.717) is 15.4 Å². The molecule has 0 unspecified atom stereocenters. The summed E-state index contributed by atoms with van der Waals surface area (Å²) < 4.78 is 23.2. The van der Waals surface area contributed by atoms with Crippen LogP contribution in [0.3, 0.4) is 0 Å². The monoisotopic (exact) mass is 337 g/mol. The summed E-state index contributed by atoms with van der Waals surface area (Å²) in [7, 11) is -3.34. The summed E-state index contributed by atoms with van der Waals surface area (Å²) in [4.78, 5) is 24.5. The fourth-order valence-electron chi connectivity index (χ4n) is 1.80. The Hall–Kier alpha value is -1.99. The number of hydrogen-bond donors (Lipinski definition) is 1. The van der Waals surface area contributed by atoms with Crippen molar-refractivity contribution in [3.05, 3.63) is 45.6 Å². The first kappa shape index (κ1) is 16.4. The molecule has 2 aromatic rings. The number of Topliss-reactive ketones (excluding diaryl/α,β-unsaturated/α-hetero) is 1. The molecule has 1 amide bonds. The maximum atomic E-state index is 12.2. The lowest BCUT2D eigenvalue weighted by atomic mass is 10.2. The van der Waals surface area contributed by atoms with Gasteiger partial charge in [0.15, 0.2) is 15.6 Å². The van der Waals surface area contributed by atoms with Crippen molar-refractivity contribution in [1.29, 1.82) is 0 Å². The molecule has 0 radical (unpaired) electrons. The lowest BCUT2D eigenvalue weighted by Gasteiger charge is -2.09. The van der Waals surface area contributed by atoms with Crippen LogP contribution < -0.4 is 5.32 Å². The second kappa shape index (κ2) is 6.02. The van der Waals surface area contributed by atoms with Crippen molar-refractivity contribution in [2.24, 2.45) is 0 Å². The molecule has 5 nitrogen and oxygen atoms in total. The van der Waals surface area contributed by atoms with Gasteiger partial charge < -0.3 is 5.32 Å². The van der Waals surface area contributed by atoms with Crippen LogP contribution in [0.1, 0.15) is 31.8 Å². The Bertz CT molecular complexity index is 850. The van der Waals surface area contributed by atoms with E-state index in [1.54, 1.807) is 25.1 Å². The zero-order valence-electron chi connectivity index (χ0n) is 12.3. The average molecular weight is 337 g/mol. The van der Waals surface area contributed by atoms with E-state index in [1.165, 1.54) is 19.1 Å². The minimum atomic E-state index is -3.34. The summed E-state index contributed by atoms with van der Waals surface area (Å²) in [5.41, 5.74) is 1.19. The molecule has 1 aromatic heterocycles. The number of sulfone groups is 1. The van der Waals surface area contributed by atoms with Gasteiger partial charge in [-0.1, -0.05) is 6.07 Å². The van der Waals surface area contributed by atoms with Gasteiger partial charge in [-0.3, -0.25) is 9.59 Å². The summed E-state index contributed by atoms with van der Waals surface area (Å²) in [6.45, 7) is 3.21. The van der Waals surface area contributed by atoms with Crippen molar-refractivity contribution in [2.75, 3.05) is 11.6 Å². The summed E-state index contributed by atoms with van der Waals surface area (Å²) >= 11 is 1.10. The van der Waals surface area contributed by atoms with Gasteiger partial charge in [0, 0.05) is 11.9 Å². The largest absolute Gasteiger partial charge is 0.321 e. The molecule has 0 bridgehead atoms. The molecule has 0 saturated heterocycles. The van der Waals surface area contributed by atoms with Crippen LogP contribution in [-0.4, -0.2) is 26.4 Å². The van der Waals surface area contributed by atoms with Crippen LogP contribution in [0, 0.1) is 6.92 Å². The molecule has 0 saturated carbocycles. The fraction of sp³-hybridized carbons (Fsp3) is 0.200. The van der Waals surface area contributed by atoms with Crippen LogP contribution in [0.5, 0.6) is 0 Å². The maximum absolute atomic E-state index is 12.2. The molecule has 7 heteroatoms. The van der Waals surface area contributed by atoms with Crippen molar-refractivity contribution >= 4 is 38.6 Å². The molecule has 0 spiro atoms. The maximum Gasteiger partial charge on any atom is 0.265 e. The van der Waals surface area contributed by atoms with Crippen molar-refractivity contribution in [1.82, 2.24) is 0 Å². The smallest absolute Gasteiger partial charge is 0.265 e. The third-order valence-corrected chi connectivity index (χ3v) is 5.36. The molecule has 0 fully saturated rings. The fourth-order valence-corrected chi connectivity index (χ4v) is 3.24. The Kier molecular flexibility index (Phi) is 4.48. The van der Waals surface area contributed by atoms with Gasteiger partial charge in [0.05, 0.1) is 14.6 Å². The molecule has 2 rings (SSSR count). The third-order valence-electron chi connectivity index (χ3n) is 3.06. The van der Waals surface area contributed by atoms with Crippen LogP contribution in [0.15, 0.2) is 35.2 Å². The minimum Gasteiger partial charge on any atom is -0.321 e. The second-order valence-electron chi connectivity index (χ2n) is 4.92. The number of thiophene rings is 1. The van der Waals surface area contributed by atoms with Crippen LogP contribution in [-0.2, 0) is 9.84 Å². The van der Waals surface area contributed by atoms with E-state index in [1.807, 2.05) is 0 Å². The topological polar surface area (TPSA) is 80.3 Å². The minimum absolute atomic E-state index is 0.0979. The van der Waals surface area contributed by atoms with Gasteiger partial charge >= 0.3 is 0 Å². The number of carbonyl (C=O) groups excluding carboxylic acids is 2. The number of rotatable bonds is 4.